The van der Waals surface area contributed by atoms with Crippen molar-refractivity contribution in [3.8, 4) is 0 Å². The standard InChI is InChI=1S/C18H20N4O4S/c19-13(12-5-2-1-3-6-12)11-20-17(23)14-7-4-10-21(14)18(24)15-8-9-16(27-15)22(25)26/h1-3,5-6,8-9,13-14H,4,7,10-11,19H2,(H,20,23). The molecule has 0 saturated carbocycles. The van der Waals surface area contributed by atoms with Crippen LogP contribution in [0.1, 0.15) is 34.1 Å². The predicted octanol–water partition coefficient (Wildman–Crippen LogP) is 2.08. The van der Waals surface area contributed by atoms with E-state index in [0.29, 0.717) is 19.4 Å². The van der Waals surface area contributed by atoms with Crippen LogP contribution >= 0.6 is 11.3 Å². The molecule has 0 aliphatic carbocycles. The number of nitro groups is 1. The lowest BCUT2D eigenvalue weighted by atomic mass is 10.1. The van der Waals surface area contributed by atoms with E-state index in [0.717, 1.165) is 16.9 Å². The minimum absolute atomic E-state index is 0.0904. The Hall–Kier alpha value is -2.78. The third-order valence-corrected chi connectivity index (χ3v) is 5.55. The molecule has 1 aliphatic heterocycles. The van der Waals surface area contributed by atoms with E-state index >= 15 is 0 Å². The number of likely N-dealkylation sites (tertiary alicyclic amines) is 1. The van der Waals surface area contributed by atoms with Crippen LogP contribution in [0, 0.1) is 10.1 Å². The lowest BCUT2D eigenvalue weighted by Crippen LogP contribution is -2.47. The molecule has 1 aliphatic rings. The molecule has 1 fully saturated rings. The second kappa shape index (κ2) is 8.28. The normalized spacial score (nSPS) is 17.5. The predicted molar refractivity (Wildman–Crippen MR) is 101 cm³/mol. The van der Waals surface area contributed by atoms with Crippen LogP contribution in [0.3, 0.4) is 0 Å². The Labute approximate surface area is 160 Å². The molecule has 8 nitrogen and oxygen atoms in total. The third kappa shape index (κ3) is 4.32. The summed E-state index contributed by atoms with van der Waals surface area (Å²) < 4.78 is 0. The number of amides is 2. The molecule has 3 rings (SSSR count). The van der Waals surface area contributed by atoms with Crippen LogP contribution < -0.4 is 11.1 Å². The smallest absolute Gasteiger partial charge is 0.324 e. The van der Waals surface area contributed by atoms with Crippen LogP contribution in [0.4, 0.5) is 5.00 Å². The SMILES string of the molecule is NC(CNC(=O)C1CCCN1C(=O)c1ccc([N+](=O)[O-])s1)c1ccccc1. The van der Waals surface area contributed by atoms with E-state index in [1.54, 1.807) is 0 Å². The van der Waals surface area contributed by atoms with Gasteiger partial charge < -0.3 is 16.0 Å². The second-order valence-corrected chi connectivity index (χ2v) is 7.38. The van der Waals surface area contributed by atoms with Crippen molar-refractivity contribution < 1.29 is 14.5 Å². The number of carbonyl (C=O) groups is 2. The first-order valence-corrected chi connectivity index (χ1v) is 9.42. The van der Waals surface area contributed by atoms with Crippen molar-refractivity contribution in [2.75, 3.05) is 13.1 Å². The summed E-state index contributed by atoms with van der Waals surface area (Å²) in [6, 6.07) is 11.3. The Balaban J connectivity index is 1.62. The summed E-state index contributed by atoms with van der Waals surface area (Å²) in [5.41, 5.74) is 7.02. The van der Waals surface area contributed by atoms with Gasteiger partial charge in [0.05, 0.1) is 9.80 Å². The fraction of sp³-hybridized carbons (Fsp3) is 0.333. The topological polar surface area (TPSA) is 119 Å². The minimum atomic E-state index is -0.582. The maximum absolute atomic E-state index is 12.7. The van der Waals surface area contributed by atoms with Crippen molar-refractivity contribution in [3.63, 3.8) is 0 Å². The van der Waals surface area contributed by atoms with E-state index in [2.05, 4.69) is 5.32 Å². The van der Waals surface area contributed by atoms with E-state index in [1.807, 2.05) is 30.3 Å². The number of nitrogens with two attached hydrogens (primary N) is 1. The summed E-state index contributed by atoms with van der Waals surface area (Å²) in [6.07, 6.45) is 1.27. The summed E-state index contributed by atoms with van der Waals surface area (Å²) >= 11 is 0.823. The average Bonchev–Trinajstić information content (AvgIpc) is 3.35. The van der Waals surface area contributed by atoms with Crippen LogP contribution in [-0.2, 0) is 4.79 Å². The van der Waals surface area contributed by atoms with Gasteiger partial charge in [0.25, 0.3) is 5.91 Å². The molecule has 2 heterocycles. The zero-order chi connectivity index (χ0) is 19.4. The first-order valence-electron chi connectivity index (χ1n) is 8.61. The van der Waals surface area contributed by atoms with Crippen molar-refractivity contribution >= 4 is 28.2 Å². The molecule has 2 aromatic rings. The molecule has 0 radical (unpaired) electrons. The minimum Gasteiger partial charge on any atom is -0.352 e. The van der Waals surface area contributed by atoms with Crippen molar-refractivity contribution in [2.45, 2.75) is 24.9 Å². The van der Waals surface area contributed by atoms with Gasteiger partial charge in [0.2, 0.25) is 5.91 Å². The van der Waals surface area contributed by atoms with Crippen LogP contribution in [-0.4, -0.2) is 40.8 Å². The summed E-state index contributed by atoms with van der Waals surface area (Å²) in [7, 11) is 0. The van der Waals surface area contributed by atoms with Crippen molar-refractivity contribution in [3.05, 3.63) is 63.0 Å². The summed E-state index contributed by atoms with van der Waals surface area (Å²) in [6.45, 7) is 0.721. The Morgan fingerprint density at radius 2 is 2.04 bits per heavy atom. The van der Waals surface area contributed by atoms with Crippen LogP contribution in [0.15, 0.2) is 42.5 Å². The first-order chi connectivity index (χ1) is 13.0. The maximum atomic E-state index is 12.7. The van der Waals surface area contributed by atoms with E-state index < -0.39 is 11.0 Å². The van der Waals surface area contributed by atoms with Gasteiger partial charge in [-0.15, -0.1) is 0 Å². The van der Waals surface area contributed by atoms with Crippen LogP contribution in [0.25, 0.3) is 0 Å². The number of nitrogens with zero attached hydrogens (tertiary/aromatic N) is 2. The van der Waals surface area contributed by atoms with Gasteiger partial charge in [-0.1, -0.05) is 41.7 Å². The van der Waals surface area contributed by atoms with Gasteiger partial charge in [-0.05, 0) is 24.5 Å². The first kappa shape index (κ1) is 19.0. The number of hydrogen-bond acceptors (Lipinski definition) is 6. The summed E-state index contributed by atoms with van der Waals surface area (Å²) in [5.74, 6) is -0.601. The van der Waals surface area contributed by atoms with E-state index in [4.69, 9.17) is 5.73 Å². The van der Waals surface area contributed by atoms with Gasteiger partial charge in [-0.25, -0.2) is 0 Å². The van der Waals surface area contributed by atoms with Gasteiger partial charge in [-0.2, -0.15) is 0 Å². The fourth-order valence-corrected chi connectivity index (χ4v) is 3.89. The molecule has 3 N–H and O–H groups in total. The molecule has 27 heavy (non-hydrogen) atoms. The van der Waals surface area contributed by atoms with Crippen LogP contribution in [0.2, 0.25) is 0 Å². The van der Waals surface area contributed by atoms with E-state index in [1.165, 1.54) is 17.0 Å². The highest BCUT2D eigenvalue weighted by Crippen LogP contribution is 2.28. The van der Waals surface area contributed by atoms with E-state index in [-0.39, 0.29) is 34.3 Å². The molecule has 1 aromatic heterocycles. The third-order valence-electron chi connectivity index (χ3n) is 4.52. The number of nitrogens with one attached hydrogen (secondary N) is 1. The van der Waals surface area contributed by atoms with Crippen LogP contribution in [0.5, 0.6) is 0 Å². The molecule has 142 valence electrons. The average molecular weight is 388 g/mol. The molecule has 2 unspecified atom stereocenters. The second-order valence-electron chi connectivity index (χ2n) is 6.31. The molecular weight excluding hydrogens is 368 g/mol. The van der Waals surface area contributed by atoms with Gasteiger partial charge >= 0.3 is 5.00 Å². The molecule has 0 bridgehead atoms. The van der Waals surface area contributed by atoms with Gasteiger partial charge in [0, 0.05) is 25.2 Å². The lowest BCUT2D eigenvalue weighted by molar-refractivity contribution is -0.380. The monoisotopic (exact) mass is 388 g/mol. The number of hydrogen-bond donors (Lipinski definition) is 2. The summed E-state index contributed by atoms with van der Waals surface area (Å²) in [5, 5.41) is 13.5. The van der Waals surface area contributed by atoms with E-state index in [9.17, 15) is 19.7 Å². The highest BCUT2D eigenvalue weighted by Gasteiger charge is 2.35. The fourth-order valence-electron chi connectivity index (χ4n) is 3.11. The molecular formula is C18H20N4O4S. The molecule has 2 atom stereocenters. The molecule has 1 saturated heterocycles. The van der Waals surface area contributed by atoms with Crippen molar-refractivity contribution in [1.29, 1.82) is 0 Å². The number of carbonyl (C=O) groups excluding carboxylic acids is 2. The maximum Gasteiger partial charge on any atom is 0.324 e. The van der Waals surface area contributed by atoms with Crippen molar-refractivity contribution in [1.82, 2.24) is 10.2 Å². The largest absolute Gasteiger partial charge is 0.352 e. The quantitative estimate of drug-likeness (QED) is 0.580. The molecule has 1 aromatic carbocycles. The highest BCUT2D eigenvalue weighted by atomic mass is 32.1. The molecule has 9 heteroatoms. The summed E-state index contributed by atoms with van der Waals surface area (Å²) in [4.78, 5) is 37.3. The Bertz CT molecular complexity index is 839. The van der Waals surface area contributed by atoms with Gasteiger partial charge in [0.15, 0.2) is 0 Å². The highest BCUT2D eigenvalue weighted by molar-refractivity contribution is 7.17. The Kier molecular flexibility index (Phi) is 5.82. The zero-order valence-electron chi connectivity index (χ0n) is 14.5. The number of thiophene rings is 1. The Morgan fingerprint density at radius 1 is 1.30 bits per heavy atom. The number of rotatable bonds is 6. The Morgan fingerprint density at radius 3 is 2.70 bits per heavy atom. The van der Waals surface area contributed by atoms with Crippen molar-refractivity contribution in [2.24, 2.45) is 5.73 Å². The molecule has 2 amide bonds. The van der Waals surface area contributed by atoms with Gasteiger partial charge in [0.1, 0.15) is 6.04 Å². The number of benzene rings is 1. The zero-order valence-corrected chi connectivity index (χ0v) is 15.4. The lowest BCUT2D eigenvalue weighted by Gasteiger charge is -2.24. The van der Waals surface area contributed by atoms with Gasteiger partial charge in [-0.3, -0.25) is 19.7 Å². The molecule has 0 spiro atoms.